The van der Waals surface area contributed by atoms with Gasteiger partial charge < -0.3 is 0 Å². The fourth-order valence-corrected chi connectivity index (χ4v) is 4.58. The number of carbonyl (C=O) groups is 1. The predicted octanol–water partition coefficient (Wildman–Crippen LogP) is 5.82. The Bertz CT molecular complexity index is 392. The highest BCUT2D eigenvalue weighted by atomic mass is 79.9. The van der Waals surface area contributed by atoms with E-state index in [1.165, 1.54) is 49.9 Å². The molecule has 1 saturated carbocycles. The van der Waals surface area contributed by atoms with Crippen LogP contribution in [0.3, 0.4) is 0 Å². The van der Waals surface area contributed by atoms with Gasteiger partial charge >= 0.3 is 0 Å². The van der Waals surface area contributed by atoms with Crippen molar-refractivity contribution in [2.45, 2.75) is 44.9 Å². The SMILES string of the molecule is O=C(CC1CCCCCC1)c1scc(Br)c1Br. The highest BCUT2D eigenvalue weighted by molar-refractivity contribution is 9.13. The lowest BCUT2D eigenvalue weighted by atomic mass is 9.94. The van der Waals surface area contributed by atoms with Crippen molar-refractivity contribution in [3.8, 4) is 0 Å². The molecule has 17 heavy (non-hydrogen) atoms. The smallest absolute Gasteiger partial charge is 0.174 e. The second kappa shape index (κ2) is 6.48. The molecule has 0 radical (unpaired) electrons. The van der Waals surface area contributed by atoms with Crippen LogP contribution < -0.4 is 0 Å². The molecule has 1 heterocycles. The van der Waals surface area contributed by atoms with Crippen LogP contribution in [0.4, 0.5) is 0 Å². The molecule has 0 atom stereocenters. The minimum atomic E-state index is 0.305. The number of Topliss-reactive ketones (excluding diaryl/α,β-unsaturated/α-hetero) is 1. The molecule has 94 valence electrons. The van der Waals surface area contributed by atoms with Gasteiger partial charge in [0.15, 0.2) is 5.78 Å². The summed E-state index contributed by atoms with van der Waals surface area (Å²) in [5, 5.41) is 1.98. The lowest BCUT2D eigenvalue weighted by molar-refractivity contribution is 0.0960. The molecule has 1 aliphatic carbocycles. The Balaban J connectivity index is 1.98. The van der Waals surface area contributed by atoms with E-state index in [4.69, 9.17) is 0 Å². The van der Waals surface area contributed by atoms with Crippen LogP contribution in [0.25, 0.3) is 0 Å². The van der Waals surface area contributed by atoms with Crippen LogP contribution in [0, 0.1) is 5.92 Å². The highest BCUT2D eigenvalue weighted by Crippen LogP contribution is 2.35. The molecule has 4 heteroatoms. The zero-order valence-electron chi connectivity index (χ0n) is 9.68. The summed E-state index contributed by atoms with van der Waals surface area (Å²) in [6, 6.07) is 0. The van der Waals surface area contributed by atoms with Gasteiger partial charge in [-0.05, 0) is 37.8 Å². The Hall–Kier alpha value is 0.330. The summed E-state index contributed by atoms with van der Waals surface area (Å²) >= 11 is 8.44. The topological polar surface area (TPSA) is 17.1 Å². The van der Waals surface area contributed by atoms with Crippen molar-refractivity contribution in [2.24, 2.45) is 5.92 Å². The first-order valence-corrected chi connectivity index (χ1v) is 8.60. The molecule has 1 aliphatic rings. The van der Waals surface area contributed by atoms with E-state index < -0.39 is 0 Å². The molecule has 0 spiro atoms. The highest BCUT2D eigenvalue weighted by Gasteiger charge is 2.20. The van der Waals surface area contributed by atoms with Crippen LogP contribution in [-0.4, -0.2) is 5.78 Å². The molecule has 1 aromatic rings. The maximum atomic E-state index is 12.2. The van der Waals surface area contributed by atoms with Crippen molar-refractivity contribution in [3.05, 3.63) is 19.2 Å². The van der Waals surface area contributed by atoms with Crippen LogP contribution in [0.5, 0.6) is 0 Å². The third-order valence-electron chi connectivity index (χ3n) is 3.39. The zero-order chi connectivity index (χ0) is 12.3. The van der Waals surface area contributed by atoms with Gasteiger partial charge in [-0.15, -0.1) is 11.3 Å². The van der Waals surface area contributed by atoms with Gasteiger partial charge in [0, 0.05) is 16.3 Å². The van der Waals surface area contributed by atoms with Gasteiger partial charge in [-0.1, -0.05) is 38.5 Å². The van der Waals surface area contributed by atoms with Crippen molar-refractivity contribution >= 4 is 49.0 Å². The monoisotopic (exact) mass is 378 g/mol. The van der Waals surface area contributed by atoms with Crippen LogP contribution in [-0.2, 0) is 0 Å². The van der Waals surface area contributed by atoms with Gasteiger partial charge in [-0.25, -0.2) is 0 Å². The molecular weight excluding hydrogens is 364 g/mol. The summed E-state index contributed by atoms with van der Waals surface area (Å²) in [4.78, 5) is 13.1. The number of ketones is 1. The molecule has 0 saturated heterocycles. The summed E-state index contributed by atoms with van der Waals surface area (Å²) < 4.78 is 1.92. The molecular formula is C13H16Br2OS. The van der Waals surface area contributed by atoms with E-state index in [0.29, 0.717) is 11.7 Å². The van der Waals surface area contributed by atoms with E-state index in [9.17, 15) is 4.79 Å². The van der Waals surface area contributed by atoms with Gasteiger partial charge in [0.25, 0.3) is 0 Å². The molecule has 1 aromatic heterocycles. The van der Waals surface area contributed by atoms with E-state index in [2.05, 4.69) is 31.9 Å². The average molecular weight is 380 g/mol. The first-order chi connectivity index (χ1) is 8.18. The lowest BCUT2D eigenvalue weighted by Gasteiger charge is -2.12. The van der Waals surface area contributed by atoms with E-state index in [1.807, 2.05) is 5.38 Å². The Labute approximate surface area is 123 Å². The fourth-order valence-electron chi connectivity index (χ4n) is 2.43. The molecule has 0 amide bonds. The van der Waals surface area contributed by atoms with Crippen molar-refractivity contribution in [1.82, 2.24) is 0 Å². The third kappa shape index (κ3) is 3.65. The predicted molar refractivity (Wildman–Crippen MR) is 79.9 cm³/mol. The van der Waals surface area contributed by atoms with Crippen molar-refractivity contribution in [1.29, 1.82) is 0 Å². The normalized spacial score (nSPS) is 18.0. The Morgan fingerprint density at radius 3 is 2.41 bits per heavy atom. The van der Waals surface area contributed by atoms with Crippen molar-refractivity contribution in [3.63, 3.8) is 0 Å². The van der Waals surface area contributed by atoms with Crippen molar-refractivity contribution < 1.29 is 4.79 Å². The van der Waals surface area contributed by atoms with Gasteiger partial charge in [0.05, 0.1) is 9.35 Å². The maximum Gasteiger partial charge on any atom is 0.174 e. The molecule has 0 aliphatic heterocycles. The van der Waals surface area contributed by atoms with Crippen LogP contribution in [0.1, 0.15) is 54.6 Å². The zero-order valence-corrected chi connectivity index (χ0v) is 13.7. The van der Waals surface area contributed by atoms with E-state index in [0.717, 1.165) is 20.2 Å². The molecule has 0 aromatic carbocycles. The number of carbonyl (C=O) groups excluding carboxylic acids is 1. The second-order valence-electron chi connectivity index (χ2n) is 4.71. The average Bonchev–Trinajstić information content (AvgIpc) is 2.55. The quantitative estimate of drug-likeness (QED) is 0.477. The first kappa shape index (κ1) is 13.8. The molecule has 2 rings (SSSR count). The van der Waals surface area contributed by atoms with Crippen LogP contribution in [0.2, 0.25) is 0 Å². The van der Waals surface area contributed by atoms with E-state index in [1.54, 1.807) is 0 Å². The van der Waals surface area contributed by atoms with Crippen LogP contribution in [0.15, 0.2) is 14.3 Å². The summed E-state index contributed by atoms with van der Waals surface area (Å²) in [6.45, 7) is 0. The minimum Gasteiger partial charge on any atom is -0.293 e. The summed E-state index contributed by atoms with van der Waals surface area (Å²) in [5.41, 5.74) is 0. The number of halogens is 2. The summed E-state index contributed by atoms with van der Waals surface area (Å²) in [7, 11) is 0. The van der Waals surface area contributed by atoms with Gasteiger partial charge in [0.1, 0.15) is 0 Å². The summed E-state index contributed by atoms with van der Waals surface area (Å²) in [5.74, 6) is 0.914. The Morgan fingerprint density at radius 1 is 1.24 bits per heavy atom. The standard InChI is InChI=1S/C13H16Br2OS/c14-10-8-17-13(12(10)15)11(16)7-9-5-3-1-2-4-6-9/h8-9H,1-7H2. The Morgan fingerprint density at radius 2 is 1.88 bits per heavy atom. The number of thiophene rings is 1. The number of rotatable bonds is 3. The molecule has 1 nitrogen and oxygen atoms in total. The molecule has 0 bridgehead atoms. The number of hydrogen-bond donors (Lipinski definition) is 0. The lowest BCUT2D eigenvalue weighted by Crippen LogP contribution is -2.07. The van der Waals surface area contributed by atoms with Gasteiger partial charge in [0.2, 0.25) is 0 Å². The largest absolute Gasteiger partial charge is 0.293 e. The molecule has 0 N–H and O–H groups in total. The maximum absolute atomic E-state index is 12.2. The fraction of sp³-hybridized carbons (Fsp3) is 0.615. The summed E-state index contributed by atoms with van der Waals surface area (Å²) in [6.07, 6.45) is 8.48. The third-order valence-corrected chi connectivity index (χ3v) is 6.96. The Kier molecular flexibility index (Phi) is 5.25. The first-order valence-electron chi connectivity index (χ1n) is 6.14. The van der Waals surface area contributed by atoms with Crippen LogP contribution >= 0.6 is 43.2 Å². The molecule has 0 unspecified atom stereocenters. The number of hydrogen-bond acceptors (Lipinski definition) is 2. The molecule has 1 fully saturated rings. The van der Waals surface area contributed by atoms with Gasteiger partial charge in [-0.2, -0.15) is 0 Å². The second-order valence-corrected chi connectivity index (χ2v) is 7.24. The van der Waals surface area contributed by atoms with E-state index >= 15 is 0 Å². The van der Waals surface area contributed by atoms with E-state index in [-0.39, 0.29) is 0 Å². The van der Waals surface area contributed by atoms with Crippen molar-refractivity contribution in [2.75, 3.05) is 0 Å². The minimum absolute atomic E-state index is 0.305. The van der Waals surface area contributed by atoms with Gasteiger partial charge in [-0.3, -0.25) is 4.79 Å².